The number of ether oxygens (including phenoxy) is 1. The molecule has 0 radical (unpaired) electrons. The van der Waals surface area contributed by atoms with Crippen LogP contribution in [0.25, 0.3) is 0 Å². The highest BCUT2D eigenvalue weighted by Crippen LogP contribution is 2.13. The molecule has 150 valence electrons. The van der Waals surface area contributed by atoms with Crippen LogP contribution in [0.4, 0.5) is 0 Å². The Bertz CT molecular complexity index is 747. The number of hydrogen-bond acceptors (Lipinski definition) is 3. The number of rotatable bonds is 10. The molecular formula is C22H30N4O2. The SMILES string of the molecule is CCNC(=O)COc1cccc(CNC(=NC)NCCCc2ccccc2)c1. The number of hydrogen-bond donors (Lipinski definition) is 3. The molecule has 6 nitrogen and oxygen atoms in total. The van der Waals surface area contributed by atoms with Gasteiger partial charge in [-0.2, -0.15) is 0 Å². The zero-order valence-electron chi connectivity index (χ0n) is 16.7. The van der Waals surface area contributed by atoms with Gasteiger partial charge in [0.15, 0.2) is 12.6 Å². The smallest absolute Gasteiger partial charge is 0.257 e. The molecule has 0 atom stereocenters. The van der Waals surface area contributed by atoms with Crippen LogP contribution in [0.5, 0.6) is 5.75 Å². The Morgan fingerprint density at radius 3 is 2.54 bits per heavy atom. The van der Waals surface area contributed by atoms with E-state index < -0.39 is 0 Å². The van der Waals surface area contributed by atoms with Gasteiger partial charge in [-0.05, 0) is 43.0 Å². The molecule has 0 bridgehead atoms. The number of benzene rings is 2. The van der Waals surface area contributed by atoms with Crippen molar-refractivity contribution in [2.75, 3.05) is 26.7 Å². The summed E-state index contributed by atoms with van der Waals surface area (Å²) < 4.78 is 5.53. The van der Waals surface area contributed by atoms with E-state index in [1.807, 2.05) is 37.3 Å². The van der Waals surface area contributed by atoms with Gasteiger partial charge < -0.3 is 20.7 Å². The van der Waals surface area contributed by atoms with E-state index in [4.69, 9.17) is 4.74 Å². The maximum atomic E-state index is 11.5. The lowest BCUT2D eigenvalue weighted by molar-refractivity contribution is -0.122. The predicted octanol–water partition coefficient (Wildman–Crippen LogP) is 2.50. The number of nitrogens with one attached hydrogen (secondary N) is 3. The van der Waals surface area contributed by atoms with Crippen molar-refractivity contribution in [3.8, 4) is 5.75 Å². The zero-order chi connectivity index (χ0) is 20.0. The van der Waals surface area contributed by atoms with Crippen LogP contribution in [-0.4, -0.2) is 38.6 Å². The van der Waals surface area contributed by atoms with Crippen LogP contribution in [-0.2, 0) is 17.8 Å². The Morgan fingerprint density at radius 1 is 1.00 bits per heavy atom. The second-order valence-corrected chi connectivity index (χ2v) is 6.33. The van der Waals surface area contributed by atoms with Gasteiger partial charge in [-0.25, -0.2) is 0 Å². The summed E-state index contributed by atoms with van der Waals surface area (Å²) in [6.07, 6.45) is 2.07. The minimum Gasteiger partial charge on any atom is -0.484 e. The first-order chi connectivity index (χ1) is 13.7. The fraction of sp³-hybridized carbons (Fsp3) is 0.364. The van der Waals surface area contributed by atoms with Crippen LogP contribution in [0.2, 0.25) is 0 Å². The maximum Gasteiger partial charge on any atom is 0.257 e. The maximum absolute atomic E-state index is 11.5. The summed E-state index contributed by atoms with van der Waals surface area (Å²) in [4.78, 5) is 15.8. The van der Waals surface area contributed by atoms with E-state index in [1.165, 1.54) is 5.56 Å². The van der Waals surface area contributed by atoms with Crippen molar-refractivity contribution in [1.82, 2.24) is 16.0 Å². The second kappa shape index (κ2) is 12.4. The average Bonchev–Trinajstić information content (AvgIpc) is 2.73. The Kier molecular flexibility index (Phi) is 9.41. The van der Waals surface area contributed by atoms with E-state index in [-0.39, 0.29) is 12.5 Å². The summed E-state index contributed by atoms with van der Waals surface area (Å²) >= 11 is 0. The standard InChI is InChI=1S/C22H30N4O2/c1-3-24-21(27)17-28-20-13-7-11-19(15-20)16-26-22(23-2)25-14-8-12-18-9-5-4-6-10-18/h4-7,9-11,13,15H,3,8,12,14,16-17H2,1-2H3,(H,24,27)(H2,23,25,26). The van der Waals surface area contributed by atoms with Gasteiger partial charge in [0.2, 0.25) is 0 Å². The van der Waals surface area contributed by atoms with Gasteiger partial charge in [0.25, 0.3) is 5.91 Å². The summed E-state index contributed by atoms with van der Waals surface area (Å²) in [6.45, 7) is 3.98. The van der Waals surface area contributed by atoms with Crippen molar-refractivity contribution in [1.29, 1.82) is 0 Å². The van der Waals surface area contributed by atoms with Crippen molar-refractivity contribution in [2.45, 2.75) is 26.3 Å². The third-order valence-corrected chi connectivity index (χ3v) is 4.10. The molecule has 0 aromatic heterocycles. The van der Waals surface area contributed by atoms with Gasteiger partial charge in [0.1, 0.15) is 5.75 Å². The number of nitrogens with zero attached hydrogens (tertiary/aromatic N) is 1. The lowest BCUT2D eigenvalue weighted by Crippen LogP contribution is -2.37. The van der Waals surface area contributed by atoms with Crippen LogP contribution in [0.3, 0.4) is 0 Å². The van der Waals surface area contributed by atoms with Crippen molar-refractivity contribution >= 4 is 11.9 Å². The lowest BCUT2D eigenvalue weighted by atomic mass is 10.1. The first-order valence-electron chi connectivity index (χ1n) is 9.68. The van der Waals surface area contributed by atoms with Crippen LogP contribution in [0.15, 0.2) is 59.6 Å². The van der Waals surface area contributed by atoms with Gasteiger partial charge in [0.05, 0.1) is 0 Å². The fourth-order valence-electron chi connectivity index (χ4n) is 2.69. The number of amides is 1. The molecule has 3 N–H and O–H groups in total. The molecule has 0 saturated carbocycles. The largest absolute Gasteiger partial charge is 0.484 e. The molecule has 0 fully saturated rings. The van der Waals surface area contributed by atoms with Gasteiger partial charge in [0, 0.05) is 26.7 Å². The topological polar surface area (TPSA) is 74.8 Å². The van der Waals surface area contributed by atoms with Crippen molar-refractivity contribution < 1.29 is 9.53 Å². The van der Waals surface area contributed by atoms with Gasteiger partial charge in [-0.1, -0.05) is 42.5 Å². The molecule has 2 aromatic carbocycles. The van der Waals surface area contributed by atoms with Crippen molar-refractivity contribution in [2.24, 2.45) is 4.99 Å². The highest BCUT2D eigenvalue weighted by molar-refractivity contribution is 5.79. The first kappa shape index (κ1) is 21.3. The molecule has 0 aliphatic heterocycles. The summed E-state index contributed by atoms with van der Waals surface area (Å²) in [5, 5.41) is 9.35. The third kappa shape index (κ3) is 8.12. The second-order valence-electron chi connectivity index (χ2n) is 6.33. The normalized spacial score (nSPS) is 11.0. The average molecular weight is 383 g/mol. The van der Waals surface area contributed by atoms with Crippen LogP contribution >= 0.6 is 0 Å². The predicted molar refractivity (Wildman–Crippen MR) is 114 cm³/mol. The number of aryl methyl sites for hydroxylation is 1. The molecule has 0 aliphatic rings. The van der Waals surface area contributed by atoms with Crippen LogP contribution in [0.1, 0.15) is 24.5 Å². The number of carbonyl (C=O) groups excluding carboxylic acids is 1. The summed E-state index contributed by atoms with van der Waals surface area (Å²) in [7, 11) is 1.76. The molecule has 2 aromatic rings. The quantitative estimate of drug-likeness (QED) is 0.335. The third-order valence-electron chi connectivity index (χ3n) is 4.10. The summed E-state index contributed by atoms with van der Waals surface area (Å²) in [5.41, 5.74) is 2.40. The van der Waals surface area contributed by atoms with Gasteiger partial charge in [-0.15, -0.1) is 0 Å². The number of carbonyl (C=O) groups is 1. The molecule has 0 heterocycles. The fourth-order valence-corrected chi connectivity index (χ4v) is 2.69. The van der Waals surface area contributed by atoms with Gasteiger partial charge in [-0.3, -0.25) is 9.79 Å². The molecule has 1 amide bonds. The summed E-state index contributed by atoms with van der Waals surface area (Å²) in [5.74, 6) is 1.32. The highest BCUT2D eigenvalue weighted by Gasteiger charge is 2.03. The molecule has 2 rings (SSSR count). The monoisotopic (exact) mass is 382 g/mol. The minimum atomic E-state index is -0.119. The molecule has 0 spiro atoms. The Balaban J connectivity index is 1.72. The van der Waals surface area contributed by atoms with Crippen molar-refractivity contribution in [3.63, 3.8) is 0 Å². The lowest BCUT2D eigenvalue weighted by Gasteiger charge is -2.13. The summed E-state index contributed by atoms with van der Waals surface area (Å²) in [6, 6.07) is 18.2. The van der Waals surface area contributed by atoms with E-state index in [9.17, 15) is 4.79 Å². The molecule has 0 unspecified atom stereocenters. The van der Waals surface area contributed by atoms with Crippen LogP contribution < -0.4 is 20.7 Å². The molecule has 0 saturated heterocycles. The van der Waals surface area contributed by atoms with E-state index >= 15 is 0 Å². The van der Waals surface area contributed by atoms with E-state index in [1.54, 1.807) is 7.05 Å². The van der Waals surface area contributed by atoms with E-state index in [2.05, 4.69) is 45.2 Å². The Morgan fingerprint density at radius 2 is 1.79 bits per heavy atom. The highest BCUT2D eigenvalue weighted by atomic mass is 16.5. The number of likely N-dealkylation sites (N-methyl/N-ethyl adjacent to an activating group) is 1. The zero-order valence-corrected chi connectivity index (χ0v) is 16.7. The minimum absolute atomic E-state index is 0.0232. The van der Waals surface area contributed by atoms with Gasteiger partial charge >= 0.3 is 0 Å². The molecule has 28 heavy (non-hydrogen) atoms. The van der Waals surface area contributed by atoms with Crippen molar-refractivity contribution in [3.05, 3.63) is 65.7 Å². The number of guanidine groups is 1. The van der Waals surface area contributed by atoms with E-state index in [0.29, 0.717) is 18.8 Å². The van der Waals surface area contributed by atoms with E-state index in [0.717, 1.165) is 30.9 Å². The number of aliphatic imine (C=N–C) groups is 1. The van der Waals surface area contributed by atoms with Crippen LogP contribution in [0, 0.1) is 0 Å². The molecule has 0 aliphatic carbocycles. The first-order valence-corrected chi connectivity index (χ1v) is 9.68. The Labute approximate surface area is 167 Å². The molecular weight excluding hydrogens is 352 g/mol. The molecule has 6 heteroatoms. The Hall–Kier alpha value is -3.02.